The van der Waals surface area contributed by atoms with Gasteiger partial charge < -0.3 is 10.6 Å². The van der Waals surface area contributed by atoms with Crippen LogP contribution in [-0.4, -0.2) is 20.6 Å². The van der Waals surface area contributed by atoms with Crippen molar-refractivity contribution in [2.45, 2.75) is 0 Å². The van der Waals surface area contributed by atoms with Crippen molar-refractivity contribution >= 4 is 5.69 Å². The highest BCUT2D eigenvalue weighted by Gasteiger charge is 1.98. The van der Waals surface area contributed by atoms with Crippen LogP contribution in [0.4, 0.5) is 5.69 Å². The van der Waals surface area contributed by atoms with E-state index < -0.39 is 0 Å². The molecule has 0 atom stereocenters. The molecule has 1 aromatic carbocycles. The first-order valence-corrected chi connectivity index (χ1v) is 4.21. The van der Waals surface area contributed by atoms with E-state index in [2.05, 4.69) is 11.8 Å². The van der Waals surface area contributed by atoms with Gasteiger partial charge in [-0.3, -0.25) is 0 Å². The zero-order valence-electron chi connectivity index (χ0n) is 8.04. The Labute approximate surface area is 79.4 Å². The van der Waals surface area contributed by atoms with Crippen molar-refractivity contribution in [3.05, 3.63) is 29.8 Å². The normalized spacial score (nSPS) is 8.85. The average molecular weight is 174 g/mol. The first kappa shape index (κ1) is 9.63. The maximum atomic E-state index is 5.32. The summed E-state index contributed by atoms with van der Waals surface area (Å²) in [6.45, 7) is 0.405. The summed E-state index contributed by atoms with van der Waals surface area (Å²) in [6.07, 6.45) is 0. The molecule has 0 aliphatic heterocycles. The van der Waals surface area contributed by atoms with Gasteiger partial charge in [-0.15, -0.1) is 0 Å². The van der Waals surface area contributed by atoms with E-state index >= 15 is 0 Å². The number of nitrogens with two attached hydrogens (primary N) is 1. The molecule has 13 heavy (non-hydrogen) atoms. The topological polar surface area (TPSA) is 29.3 Å². The van der Waals surface area contributed by atoms with Gasteiger partial charge in [0.2, 0.25) is 0 Å². The fourth-order valence-corrected chi connectivity index (χ4v) is 1.12. The van der Waals surface area contributed by atoms with Gasteiger partial charge in [0.1, 0.15) is 0 Å². The van der Waals surface area contributed by atoms with Gasteiger partial charge >= 0.3 is 0 Å². The van der Waals surface area contributed by atoms with Crippen molar-refractivity contribution in [3.63, 3.8) is 0 Å². The van der Waals surface area contributed by atoms with Gasteiger partial charge in [-0.05, 0) is 12.1 Å². The molecule has 1 rings (SSSR count). The monoisotopic (exact) mass is 174 g/mol. The predicted octanol–water partition coefficient (Wildman–Crippen LogP) is 1.06. The van der Waals surface area contributed by atoms with Crippen LogP contribution in [-0.2, 0) is 0 Å². The SMILES string of the molecule is CN(C)c1ccccc1C#CCN. The zero-order chi connectivity index (χ0) is 9.68. The third-order valence-electron chi connectivity index (χ3n) is 1.71. The second kappa shape index (κ2) is 4.54. The fourth-order valence-electron chi connectivity index (χ4n) is 1.12. The van der Waals surface area contributed by atoms with Gasteiger partial charge in [0.15, 0.2) is 0 Å². The number of nitrogens with zero attached hydrogens (tertiary/aromatic N) is 1. The van der Waals surface area contributed by atoms with Gasteiger partial charge in [-0.1, -0.05) is 24.0 Å². The molecule has 2 nitrogen and oxygen atoms in total. The van der Waals surface area contributed by atoms with Crippen LogP contribution < -0.4 is 10.6 Å². The smallest absolute Gasteiger partial charge is 0.0555 e. The van der Waals surface area contributed by atoms with Crippen LogP contribution in [0.15, 0.2) is 24.3 Å². The number of para-hydroxylation sites is 1. The quantitative estimate of drug-likeness (QED) is 0.645. The minimum atomic E-state index is 0.405. The predicted molar refractivity (Wildman–Crippen MR) is 56.7 cm³/mol. The molecule has 68 valence electrons. The van der Waals surface area contributed by atoms with Crippen LogP contribution in [0.5, 0.6) is 0 Å². The number of benzene rings is 1. The van der Waals surface area contributed by atoms with Crippen molar-refractivity contribution in [2.75, 3.05) is 25.5 Å². The number of hydrogen-bond donors (Lipinski definition) is 1. The summed E-state index contributed by atoms with van der Waals surface area (Å²) in [5.41, 5.74) is 7.47. The molecule has 0 radical (unpaired) electrons. The standard InChI is InChI=1S/C11H14N2/c1-13(2)11-8-4-3-6-10(11)7-5-9-12/h3-4,6,8H,9,12H2,1-2H3. The Morgan fingerprint density at radius 3 is 2.62 bits per heavy atom. The van der Waals surface area contributed by atoms with E-state index in [1.807, 2.05) is 43.3 Å². The summed E-state index contributed by atoms with van der Waals surface area (Å²) in [6, 6.07) is 8.02. The van der Waals surface area contributed by atoms with Gasteiger partial charge in [0, 0.05) is 19.7 Å². The Morgan fingerprint density at radius 2 is 2.00 bits per heavy atom. The van der Waals surface area contributed by atoms with Gasteiger partial charge in [0.25, 0.3) is 0 Å². The number of rotatable bonds is 1. The lowest BCUT2D eigenvalue weighted by Crippen LogP contribution is -2.10. The van der Waals surface area contributed by atoms with E-state index in [-0.39, 0.29) is 0 Å². The van der Waals surface area contributed by atoms with Crippen LogP contribution in [0.1, 0.15) is 5.56 Å². The van der Waals surface area contributed by atoms with Gasteiger partial charge in [0.05, 0.1) is 12.2 Å². The Bertz CT molecular complexity index is 331. The van der Waals surface area contributed by atoms with Crippen LogP contribution in [0.25, 0.3) is 0 Å². The molecule has 0 heterocycles. The molecule has 0 saturated carbocycles. The second-order valence-electron chi connectivity index (χ2n) is 2.92. The van der Waals surface area contributed by atoms with Crippen molar-refractivity contribution in [3.8, 4) is 11.8 Å². The lowest BCUT2D eigenvalue weighted by molar-refractivity contribution is 1.13. The van der Waals surface area contributed by atoms with E-state index in [0.717, 1.165) is 11.3 Å². The summed E-state index contributed by atoms with van der Waals surface area (Å²) in [5, 5.41) is 0. The van der Waals surface area contributed by atoms with Crippen molar-refractivity contribution < 1.29 is 0 Å². The van der Waals surface area contributed by atoms with Crippen molar-refractivity contribution in [1.82, 2.24) is 0 Å². The molecule has 2 N–H and O–H groups in total. The van der Waals surface area contributed by atoms with Gasteiger partial charge in [-0.2, -0.15) is 0 Å². The van der Waals surface area contributed by atoms with E-state index in [1.54, 1.807) is 0 Å². The summed E-state index contributed by atoms with van der Waals surface area (Å²) < 4.78 is 0. The molecule has 0 bridgehead atoms. The fraction of sp³-hybridized carbons (Fsp3) is 0.273. The van der Waals surface area contributed by atoms with Crippen LogP contribution >= 0.6 is 0 Å². The van der Waals surface area contributed by atoms with E-state index in [9.17, 15) is 0 Å². The lowest BCUT2D eigenvalue weighted by atomic mass is 10.1. The number of hydrogen-bond acceptors (Lipinski definition) is 2. The zero-order valence-corrected chi connectivity index (χ0v) is 8.04. The highest BCUT2D eigenvalue weighted by atomic mass is 15.1. The minimum Gasteiger partial charge on any atom is -0.377 e. The Morgan fingerprint density at radius 1 is 1.31 bits per heavy atom. The van der Waals surface area contributed by atoms with Crippen LogP contribution in [0, 0.1) is 11.8 Å². The molecule has 0 unspecified atom stereocenters. The molecule has 0 aromatic heterocycles. The Kier molecular flexibility index (Phi) is 3.36. The summed E-state index contributed by atoms with van der Waals surface area (Å²) in [4.78, 5) is 2.04. The third-order valence-corrected chi connectivity index (χ3v) is 1.71. The largest absolute Gasteiger partial charge is 0.377 e. The molecule has 2 heteroatoms. The van der Waals surface area contributed by atoms with Crippen molar-refractivity contribution in [1.29, 1.82) is 0 Å². The van der Waals surface area contributed by atoms with E-state index in [0.29, 0.717) is 6.54 Å². The molecule has 0 saturated heterocycles. The van der Waals surface area contributed by atoms with Crippen LogP contribution in [0.2, 0.25) is 0 Å². The van der Waals surface area contributed by atoms with E-state index in [1.165, 1.54) is 0 Å². The molecule has 0 fully saturated rings. The molecule has 0 spiro atoms. The second-order valence-corrected chi connectivity index (χ2v) is 2.92. The summed E-state index contributed by atoms with van der Waals surface area (Å²) in [5.74, 6) is 5.89. The maximum absolute atomic E-state index is 5.32. The molecule has 0 aliphatic rings. The third kappa shape index (κ3) is 2.50. The van der Waals surface area contributed by atoms with Crippen LogP contribution in [0.3, 0.4) is 0 Å². The lowest BCUT2D eigenvalue weighted by Gasteiger charge is -2.13. The van der Waals surface area contributed by atoms with E-state index in [4.69, 9.17) is 5.73 Å². The number of anilines is 1. The first-order chi connectivity index (χ1) is 6.25. The van der Waals surface area contributed by atoms with Gasteiger partial charge in [-0.25, -0.2) is 0 Å². The summed E-state index contributed by atoms with van der Waals surface area (Å²) >= 11 is 0. The molecular formula is C11H14N2. The highest BCUT2D eigenvalue weighted by molar-refractivity contribution is 5.59. The Hall–Kier alpha value is -1.46. The minimum absolute atomic E-state index is 0.405. The molecule has 0 aliphatic carbocycles. The summed E-state index contributed by atoms with van der Waals surface area (Å²) in [7, 11) is 4.01. The average Bonchev–Trinajstić information content (AvgIpc) is 2.15. The molecule has 0 amide bonds. The molecule has 1 aromatic rings. The van der Waals surface area contributed by atoms with Crippen molar-refractivity contribution in [2.24, 2.45) is 5.73 Å². The molecular weight excluding hydrogens is 160 g/mol. The Balaban J connectivity index is 3.05. The first-order valence-electron chi connectivity index (χ1n) is 4.21. The highest BCUT2D eigenvalue weighted by Crippen LogP contribution is 2.15. The maximum Gasteiger partial charge on any atom is 0.0555 e.